The normalized spacial score (nSPS) is 16.5. The number of nitrogens with one attached hydrogen (secondary N) is 1. The number of hydrogen-bond donors (Lipinski definition) is 1. The molecule has 0 spiro atoms. The molecule has 1 atom stereocenters. The molecule has 2 heterocycles. The van der Waals surface area contributed by atoms with Gasteiger partial charge in [-0.25, -0.2) is 0 Å². The second-order valence-corrected chi connectivity index (χ2v) is 6.97. The van der Waals surface area contributed by atoms with Gasteiger partial charge in [0, 0.05) is 31.7 Å². The molecule has 0 saturated carbocycles. The smallest absolute Gasteiger partial charge is 0.273 e. The number of ether oxygens (including phenoxy) is 2. The Balaban J connectivity index is 1.25. The molecule has 1 fully saturated rings. The molecule has 2 aromatic rings. The number of benzene rings is 1. The highest BCUT2D eigenvalue weighted by Gasteiger charge is 2.18. The molecular weight excluding hydrogens is 344 g/mol. The van der Waals surface area contributed by atoms with Gasteiger partial charge >= 0.3 is 0 Å². The molecule has 0 bridgehead atoms. The maximum atomic E-state index is 12.1. The van der Waals surface area contributed by atoms with E-state index >= 15 is 0 Å². The number of carbonyl (C=O) groups excluding carboxylic acids is 1. The lowest BCUT2D eigenvalue weighted by molar-refractivity contribution is 0.0927. The minimum absolute atomic E-state index is 0.210. The van der Waals surface area contributed by atoms with Gasteiger partial charge in [-0.3, -0.25) is 4.79 Å². The Bertz CT molecular complexity index is 680. The summed E-state index contributed by atoms with van der Waals surface area (Å²) in [7, 11) is 0. The van der Waals surface area contributed by atoms with Gasteiger partial charge in [0.1, 0.15) is 6.61 Å². The monoisotopic (exact) mass is 372 g/mol. The number of aryl methyl sites for hydroxylation is 1. The number of carbonyl (C=O) groups is 1. The standard InChI is InChI=1S/C21H28N2O4/c24-21(22-14-18-10-12-26-15-18)20-13-19(27-23-20)16-25-11-6-2-5-9-17-7-3-1-4-8-17/h1,3-4,7-8,13,18H,2,5-6,9-12,14-16H2,(H,22,24). The van der Waals surface area contributed by atoms with Gasteiger partial charge in [0.15, 0.2) is 11.5 Å². The van der Waals surface area contributed by atoms with Crippen LogP contribution in [0, 0.1) is 5.92 Å². The minimum atomic E-state index is -0.210. The zero-order valence-corrected chi connectivity index (χ0v) is 15.7. The van der Waals surface area contributed by atoms with Crippen molar-refractivity contribution in [2.45, 2.75) is 38.7 Å². The van der Waals surface area contributed by atoms with Crippen LogP contribution in [0.3, 0.4) is 0 Å². The van der Waals surface area contributed by atoms with Gasteiger partial charge in [0.2, 0.25) is 0 Å². The largest absolute Gasteiger partial charge is 0.381 e. The second kappa shape index (κ2) is 10.8. The fourth-order valence-electron chi connectivity index (χ4n) is 3.09. The van der Waals surface area contributed by atoms with Crippen LogP contribution in [-0.4, -0.2) is 37.4 Å². The van der Waals surface area contributed by atoms with Crippen LogP contribution in [0.4, 0.5) is 0 Å². The first kappa shape index (κ1) is 19.6. The predicted octanol–water partition coefficient (Wildman–Crippen LogP) is 3.37. The van der Waals surface area contributed by atoms with Crippen molar-refractivity contribution >= 4 is 5.91 Å². The third-order valence-electron chi connectivity index (χ3n) is 4.71. The number of rotatable bonds is 11. The lowest BCUT2D eigenvalue weighted by atomic mass is 10.1. The summed E-state index contributed by atoms with van der Waals surface area (Å²) in [6.07, 6.45) is 5.39. The highest BCUT2D eigenvalue weighted by atomic mass is 16.5. The van der Waals surface area contributed by atoms with E-state index in [0.29, 0.717) is 43.7 Å². The lowest BCUT2D eigenvalue weighted by Crippen LogP contribution is -2.29. The maximum Gasteiger partial charge on any atom is 0.273 e. The van der Waals surface area contributed by atoms with Crippen LogP contribution in [0.25, 0.3) is 0 Å². The highest BCUT2D eigenvalue weighted by molar-refractivity contribution is 5.92. The number of amides is 1. The van der Waals surface area contributed by atoms with Crippen LogP contribution in [0.5, 0.6) is 0 Å². The van der Waals surface area contributed by atoms with Crippen molar-refractivity contribution in [3.8, 4) is 0 Å². The van der Waals surface area contributed by atoms with Gasteiger partial charge < -0.3 is 19.3 Å². The molecule has 6 nitrogen and oxygen atoms in total. The van der Waals surface area contributed by atoms with E-state index in [1.807, 2.05) is 6.07 Å². The van der Waals surface area contributed by atoms with Crippen LogP contribution in [0.1, 0.15) is 47.5 Å². The van der Waals surface area contributed by atoms with E-state index in [-0.39, 0.29) is 5.91 Å². The first-order valence-corrected chi connectivity index (χ1v) is 9.74. The first-order valence-electron chi connectivity index (χ1n) is 9.74. The Morgan fingerprint density at radius 1 is 1.22 bits per heavy atom. The molecule has 1 unspecified atom stereocenters. The van der Waals surface area contributed by atoms with Gasteiger partial charge in [-0.15, -0.1) is 0 Å². The van der Waals surface area contributed by atoms with Gasteiger partial charge in [-0.05, 0) is 31.2 Å². The first-order chi connectivity index (χ1) is 13.3. The molecule has 1 N–H and O–H groups in total. The Morgan fingerprint density at radius 3 is 2.93 bits per heavy atom. The summed E-state index contributed by atoms with van der Waals surface area (Å²) >= 11 is 0. The molecule has 0 aliphatic carbocycles. The Labute approximate surface area is 160 Å². The molecule has 146 valence electrons. The molecular formula is C21H28N2O4. The van der Waals surface area contributed by atoms with Crippen LogP contribution >= 0.6 is 0 Å². The van der Waals surface area contributed by atoms with Crippen molar-refractivity contribution in [1.82, 2.24) is 10.5 Å². The highest BCUT2D eigenvalue weighted by Crippen LogP contribution is 2.12. The summed E-state index contributed by atoms with van der Waals surface area (Å²) in [4.78, 5) is 12.1. The molecule has 1 aliphatic rings. The van der Waals surface area contributed by atoms with Crippen molar-refractivity contribution in [3.05, 3.63) is 53.4 Å². The lowest BCUT2D eigenvalue weighted by Gasteiger charge is -2.07. The van der Waals surface area contributed by atoms with E-state index in [1.165, 1.54) is 5.56 Å². The summed E-state index contributed by atoms with van der Waals surface area (Å²) in [5.41, 5.74) is 1.68. The van der Waals surface area contributed by atoms with Crippen molar-refractivity contribution in [2.75, 3.05) is 26.4 Å². The average Bonchev–Trinajstić information content (AvgIpc) is 3.38. The van der Waals surface area contributed by atoms with Gasteiger partial charge in [-0.1, -0.05) is 41.9 Å². The van der Waals surface area contributed by atoms with E-state index in [9.17, 15) is 4.79 Å². The zero-order valence-electron chi connectivity index (χ0n) is 15.7. The number of aromatic nitrogens is 1. The molecule has 6 heteroatoms. The van der Waals surface area contributed by atoms with Crippen LogP contribution in [0.2, 0.25) is 0 Å². The zero-order chi connectivity index (χ0) is 18.7. The van der Waals surface area contributed by atoms with E-state index in [2.05, 4.69) is 34.7 Å². The fraction of sp³-hybridized carbons (Fsp3) is 0.524. The van der Waals surface area contributed by atoms with Crippen molar-refractivity contribution < 1.29 is 18.8 Å². The van der Waals surface area contributed by atoms with Crippen molar-refractivity contribution in [2.24, 2.45) is 5.92 Å². The SMILES string of the molecule is O=C(NCC1CCOC1)c1cc(COCCCCCc2ccccc2)on1. The molecule has 1 amide bonds. The summed E-state index contributed by atoms with van der Waals surface area (Å²) < 4.78 is 16.1. The number of nitrogens with zero attached hydrogens (tertiary/aromatic N) is 1. The summed E-state index contributed by atoms with van der Waals surface area (Å²) in [5.74, 6) is 0.761. The predicted molar refractivity (Wildman–Crippen MR) is 101 cm³/mol. The van der Waals surface area contributed by atoms with E-state index in [1.54, 1.807) is 6.07 Å². The molecule has 3 rings (SSSR count). The summed E-state index contributed by atoms with van der Waals surface area (Å²) in [6, 6.07) is 12.2. The second-order valence-electron chi connectivity index (χ2n) is 6.97. The molecule has 27 heavy (non-hydrogen) atoms. The third-order valence-corrected chi connectivity index (χ3v) is 4.71. The molecule has 1 aromatic carbocycles. The van der Waals surface area contributed by atoms with Gasteiger partial charge in [-0.2, -0.15) is 0 Å². The topological polar surface area (TPSA) is 73.6 Å². The summed E-state index contributed by atoms with van der Waals surface area (Å²) in [6.45, 7) is 3.12. The van der Waals surface area contributed by atoms with Crippen LogP contribution < -0.4 is 5.32 Å². The van der Waals surface area contributed by atoms with Gasteiger partial charge in [0.05, 0.1) is 6.61 Å². The molecule has 0 radical (unpaired) electrons. The minimum Gasteiger partial charge on any atom is -0.381 e. The van der Waals surface area contributed by atoms with E-state index in [4.69, 9.17) is 14.0 Å². The van der Waals surface area contributed by atoms with Crippen LogP contribution in [-0.2, 0) is 22.5 Å². The average molecular weight is 372 g/mol. The molecule has 1 aliphatic heterocycles. The fourth-order valence-corrected chi connectivity index (χ4v) is 3.09. The van der Waals surface area contributed by atoms with Crippen molar-refractivity contribution in [3.63, 3.8) is 0 Å². The Morgan fingerprint density at radius 2 is 2.11 bits per heavy atom. The van der Waals surface area contributed by atoms with E-state index in [0.717, 1.165) is 38.7 Å². The number of unbranched alkanes of at least 4 members (excludes halogenated alkanes) is 2. The molecule has 1 aromatic heterocycles. The van der Waals surface area contributed by atoms with Crippen LogP contribution in [0.15, 0.2) is 40.9 Å². The summed E-state index contributed by atoms with van der Waals surface area (Å²) in [5, 5.41) is 6.70. The van der Waals surface area contributed by atoms with Crippen molar-refractivity contribution in [1.29, 1.82) is 0 Å². The Kier molecular flexibility index (Phi) is 7.86. The quantitative estimate of drug-likeness (QED) is 0.612. The number of hydrogen-bond acceptors (Lipinski definition) is 5. The Hall–Kier alpha value is -2.18. The van der Waals surface area contributed by atoms with E-state index < -0.39 is 0 Å². The van der Waals surface area contributed by atoms with Gasteiger partial charge in [0.25, 0.3) is 5.91 Å². The third kappa shape index (κ3) is 6.81. The maximum absolute atomic E-state index is 12.1. The molecule has 1 saturated heterocycles.